The number of hydrogen-bond donors (Lipinski definition) is 0. The molecule has 0 aliphatic carbocycles. The molecule has 2 saturated heterocycles. The molecule has 2 aliphatic heterocycles. The molecule has 3 heterocycles. The Morgan fingerprint density at radius 2 is 1.86 bits per heavy atom. The van der Waals surface area contributed by atoms with Gasteiger partial charge in [0.05, 0.1) is 19.2 Å². The van der Waals surface area contributed by atoms with E-state index in [9.17, 15) is 0 Å². The van der Waals surface area contributed by atoms with Gasteiger partial charge < -0.3 is 19.3 Å². The molecule has 4 rings (SSSR count). The molecule has 2 fully saturated rings. The van der Waals surface area contributed by atoms with Crippen LogP contribution in [0.4, 0.5) is 0 Å². The molecule has 0 N–H and O–H groups in total. The van der Waals surface area contributed by atoms with Crippen LogP contribution in [0.25, 0.3) is 10.9 Å². The van der Waals surface area contributed by atoms with Crippen molar-refractivity contribution in [3.05, 3.63) is 29.5 Å². The normalized spacial score (nSPS) is 19.7. The van der Waals surface area contributed by atoms with E-state index < -0.39 is 0 Å². The van der Waals surface area contributed by atoms with Crippen LogP contribution in [0.15, 0.2) is 18.2 Å². The number of pyridine rings is 1. The second-order valence-corrected chi connectivity index (χ2v) is 8.48. The van der Waals surface area contributed by atoms with Gasteiger partial charge in [0.15, 0.2) is 11.5 Å². The van der Waals surface area contributed by atoms with Crippen LogP contribution in [0.1, 0.15) is 36.9 Å². The Balaban J connectivity index is 1.60. The van der Waals surface area contributed by atoms with E-state index in [2.05, 4.69) is 48.9 Å². The summed E-state index contributed by atoms with van der Waals surface area (Å²) in [7, 11) is 3.94. The molecule has 0 atom stereocenters. The minimum atomic E-state index is 0.590. The summed E-state index contributed by atoms with van der Waals surface area (Å²) in [5.41, 5.74) is 3.52. The molecule has 1 aromatic heterocycles. The Labute approximate surface area is 168 Å². The number of aryl methyl sites for hydroxylation is 1. The average molecular weight is 384 g/mol. The van der Waals surface area contributed by atoms with Crippen LogP contribution in [0.2, 0.25) is 0 Å². The Morgan fingerprint density at radius 1 is 1.11 bits per heavy atom. The van der Waals surface area contributed by atoms with Crippen molar-refractivity contribution >= 4 is 10.9 Å². The molecule has 5 nitrogen and oxygen atoms in total. The second kappa shape index (κ2) is 8.26. The van der Waals surface area contributed by atoms with Crippen molar-refractivity contribution in [2.24, 2.45) is 5.92 Å². The topological polar surface area (TPSA) is 37.8 Å². The maximum absolute atomic E-state index is 6.17. The zero-order valence-corrected chi connectivity index (χ0v) is 17.7. The van der Waals surface area contributed by atoms with Crippen molar-refractivity contribution in [3.8, 4) is 11.5 Å². The summed E-state index contributed by atoms with van der Waals surface area (Å²) in [6.45, 7) is 10.7. The lowest BCUT2D eigenvalue weighted by molar-refractivity contribution is 0.0662. The third-order valence-electron chi connectivity index (χ3n) is 6.37. The zero-order chi connectivity index (χ0) is 19.7. The summed E-state index contributed by atoms with van der Waals surface area (Å²) in [6, 6.07) is 6.49. The Hall–Kier alpha value is -1.85. The van der Waals surface area contributed by atoms with Gasteiger partial charge in [0.1, 0.15) is 0 Å². The number of likely N-dealkylation sites (tertiary alicyclic amines) is 2. The van der Waals surface area contributed by atoms with E-state index >= 15 is 0 Å². The predicted octanol–water partition coefficient (Wildman–Crippen LogP) is 3.69. The first kappa shape index (κ1) is 19.5. The summed E-state index contributed by atoms with van der Waals surface area (Å²) in [4.78, 5) is 9.67. The monoisotopic (exact) mass is 383 g/mol. The van der Waals surface area contributed by atoms with E-state index in [0.29, 0.717) is 11.8 Å². The van der Waals surface area contributed by atoms with Gasteiger partial charge in [-0.2, -0.15) is 0 Å². The van der Waals surface area contributed by atoms with Gasteiger partial charge in [0.25, 0.3) is 0 Å². The predicted molar refractivity (Wildman–Crippen MR) is 114 cm³/mol. The smallest absolute Gasteiger partial charge is 0.163 e. The van der Waals surface area contributed by atoms with Gasteiger partial charge >= 0.3 is 0 Å². The molecule has 152 valence electrons. The van der Waals surface area contributed by atoms with Crippen LogP contribution >= 0.6 is 0 Å². The number of ether oxygens (including phenoxy) is 2. The van der Waals surface area contributed by atoms with E-state index in [-0.39, 0.29) is 0 Å². The van der Waals surface area contributed by atoms with Gasteiger partial charge in [-0.15, -0.1) is 0 Å². The lowest BCUT2D eigenvalue weighted by Gasteiger charge is -2.38. The summed E-state index contributed by atoms with van der Waals surface area (Å²) >= 11 is 0. The molecule has 1 aromatic carbocycles. The Bertz CT molecular complexity index is 824. The number of benzene rings is 1. The highest BCUT2D eigenvalue weighted by molar-refractivity contribution is 5.86. The summed E-state index contributed by atoms with van der Waals surface area (Å²) in [5, 5.41) is 1.21. The molecule has 2 aromatic rings. The fourth-order valence-corrected chi connectivity index (χ4v) is 4.58. The molecule has 0 spiro atoms. The lowest BCUT2D eigenvalue weighted by atomic mass is 9.87. The maximum atomic E-state index is 6.17. The highest BCUT2D eigenvalue weighted by Crippen LogP contribution is 2.38. The van der Waals surface area contributed by atoms with E-state index in [1.165, 1.54) is 23.8 Å². The summed E-state index contributed by atoms with van der Waals surface area (Å²) < 4.78 is 11.9. The first-order valence-corrected chi connectivity index (χ1v) is 10.6. The van der Waals surface area contributed by atoms with Gasteiger partial charge in [-0.05, 0) is 70.1 Å². The van der Waals surface area contributed by atoms with Crippen molar-refractivity contribution in [1.29, 1.82) is 0 Å². The van der Waals surface area contributed by atoms with Crippen molar-refractivity contribution in [2.45, 2.75) is 32.6 Å². The van der Waals surface area contributed by atoms with Crippen LogP contribution in [0, 0.1) is 12.8 Å². The first-order valence-electron chi connectivity index (χ1n) is 10.6. The quantitative estimate of drug-likeness (QED) is 0.761. The van der Waals surface area contributed by atoms with Gasteiger partial charge in [-0.3, -0.25) is 4.98 Å². The number of rotatable bonds is 6. The fraction of sp³-hybridized carbons (Fsp3) is 0.609. The number of fused-ring (bicyclic) bond motifs is 1. The minimum Gasteiger partial charge on any atom is -0.493 e. The van der Waals surface area contributed by atoms with Crippen LogP contribution in [-0.4, -0.2) is 68.3 Å². The van der Waals surface area contributed by atoms with E-state index in [1.54, 1.807) is 7.11 Å². The molecule has 28 heavy (non-hydrogen) atoms. The summed E-state index contributed by atoms with van der Waals surface area (Å²) in [5.74, 6) is 2.84. The summed E-state index contributed by atoms with van der Waals surface area (Å²) in [6.07, 6.45) is 2.40. The second-order valence-electron chi connectivity index (χ2n) is 8.48. The number of piperidine rings is 1. The van der Waals surface area contributed by atoms with Gasteiger partial charge in [0, 0.05) is 36.2 Å². The van der Waals surface area contributed by atoms with Gasteiger partial charge in [-0.25, -0.2) is 0 Å². The van der Waals surface area contributed by atoms with Crippen molar-refractivity contribution in [1.82, 2.24) is 14.8 Å². The molecule has 5 heteroatoms. The lowest BCUT2D eigenvalue weighted by Crippen LogP contribution is -2.48. The highest BCUT2D eigenvalue weighted by atomic mass is 16.5. The van der Waals surface area contributed by atoms with Crippen molar-refractivity contribution in [3.63, 3.8) is 0 Å². The van der Waals surface area contributed by atoms with Crippen LogP contribution < -0.4 is 9.47 Å². The molecular weight excluding hydrogens is 350 g/mol. The van der Waals surface area contributed by atoms with E-state index in [0.717, 1.165) is 62.0 Å². The van der Waals surface area contributed by atoms with Crippen LogP contribution in [0.3, 0.4) is 0 Å². The molecule has 0 amide bonds. The number of nitrogens with zero attached hydrogens (tertiary/aromatic N) is 3. The Kier molecular flexibility index (Phi) is 5.74. The fourth-order valence-electron chi connectivity index (χ4n) is 4.58. The third kappa shape index (κ3) is 3.96. The van der Waals surface area contributed by atoms with Crippen molar-refractivity contribution < 1.29 is 9.47 Å². The molecule has 0 saturated carbocycles. The molecular formula is C23H33N3O2. The maximum Gasteiger partial charge on any atom is 0.163 e. The first-order chi connectivity index (χ1) is 13.6. The van der Waals surface area contributed by atoms with Crippen LogP contribution in [0.5, 0.6) is 11.5 Å². The zero-order valence-electron chi connectivity index (χ0n) is 17.7. The number of aromatic nitrogens is 1. The standard InChI is InChI=1S/C23H33N3O2/c1-5-26-13-17(14-26)15-28-23-12-21-20(11-22(23)27-4)19(10-16(2)24-21)18-6-8-25(3)9-7-18/h10-12,17-18H,5-9,13-15H2,1-4H3. The molecule has 2 aliphatic rings. The highest BCUT2D eigenvalue weighted by Gasteiger charge is 2.26. The number of methoxy groups -OCH3 is 1. The number of hydrogen-bond acceptors (Lipinski definition) is 5. The minimum absolute atomic E-state index is 0.590. The van der Waals surface area contributed by atoms with E-state index in [1.807, 2.05) is 0 Å². The van der Waals surface area contributed by atoms with Gasteiger partial charge in [-0.1, -0.05) is 6.92 Å². The largest absolute Gasteiger partial charge is 0.493 e. The SMILES string of the molecule is CCN1CC(COc2cc3nc(C)cc(C4CCN(C)CC4)c3cc2OC)C1. The van der Waals surface area contributed by atoms with Crippen LogP contribution in [-0.2, 0) is 0 Å². The average Bonchev–Trinajstić information content (AvgIpc) is 2.66. The molecule has 0 unspecified atom stereocenters. The van der Waals surface area contributed by atoms with Crippen molar-refractivity contribution in [2.75, 3.05) is 53.5 Å². The molecule has 0 bridgehead atoms. The van der Waals surface area contributed by atoms with Gasteiger partial charge in [0.2, 0.25) is 0 Å². The third-order valence-corrected chi connectivity index (χ3v) is 6.37. The van der Waals surface area contributed by atoms with E-state index in [4.69, 9.17) is 14.5 Å². The molecule has 0 radical (unpaired) electrons. The Morgan fingerprint density at radius 3 is 2.54 bits per heavy atom.